The number of nitriles is 1. The van der Waals surface area contributed by atoms with E-state index in [-0.39, 0.29) is 11.1 Å². The van der Waals surface area contributed by atoms with Crippen LogP contribution in [0.2, 0.25) is 0 Å². The molecule has 1 rings (SSSR count). The summed E-state index contributed by atoms with van der Waals surface area (Å²) in [4.78, 5) is 0. The topological polar surface area (TPSA) is 49.8 Å². The maximum atomic E-state index is 13.0. The van der Waals surface area contributed by atoms with Crippen LogP contribution in [0.25, 0.3) is 0 Å². The van der Waals surface area contributed by atoms with Gasteiger partial charge >= 0.3 is 0 Å². The summed E-state index contributed by atoms with van der Waals surface area (Å²) < 4.78 is 13.0. The predicted octanol–water partition coefficient (Wildman–Crippen LogP) is 2.67. The quantitative estimate of drug-likeness (QED) is 0.877. The van der Waals surface area contributed by atoms with Gasteiger partial charge in [-0.1, -0.05) is 6.07 Å². The summed E-state index contributed by atoms with van der Waals surface area (Å²) in [6, 6.07) is 6.46. The lowest BCUT2D eigenvalue weighted by Crippen LogP contribution is -2.34. The smallest absolute Gasteiger partial charge is 0.140 e. The molecule has 4 heteroatoms. The van der Waals surface area contributed by atoms with Crippen molar-refractivity contribution in [2.24, 2.45) is 5.73 Å². The average molecular weight is 238 g/mol. The van der Waals surface area contributed by atoms with Crippen LogP contribution >= 0.6 is 11.8 Å². The van der Waals surface area contributed by atoms with Crippen molar-refractivity contribution >= 4 is 11.8 Å². The van der Waals surface area contributed by atoms with E-state index in [2.05, 4.69) is 0 Å². The number of nitrogens with two attached hydrogens (primary N) is 1. The van der Waals surface area contributed by atoms with Crippen molar-refractivity contribution in [3.8, 4) is 6.07 Å². The Kier molecular flexibility index (Phi) is 4.34. The van der Waals surface area contributed by atoms with Crippen LogP contribution in [0.15, 0.2) is 18.2 Å². The lowest BCUT2D eigenvalue weighted by molar-refractivity contribution is 0.591. The zero-order chi connectivity index (χ0) is 12.2. The van der Waals surface area contributed by atoms with E-state index < -0.39 is 5.82 Å². The van der Waals surface area contributed by atoms with E-state index >= 15 is 0 Å². The minimum atomic E-state index is -0.463. The molecule has 0 amide bonds. The Labute approximate surface area is 99.6 Å². The van der Waals surface area contributed by atoms with Crippen LogP contribution in [0.1, 0.15) is 25.0 Å². The fourth-order valence-corrected chi connectivity index (χ4v) is 2.22. The second kappa shape index (κ2) is 5.33. The molecule has 0 saturated heterocycles. The Morgan fingerprint density at radius 2 is 2.19 bits per heavy atom. The van der Waals surface area contributed by atoms with E-state index in [9.17, 15) is 4.39 Å². The first kappa shape index (κ1) is 13.0. The van der Waals surface area contributed by atoms with E-state index in [0.29, 0.717) is 0 Å². The molecule has 16 heavy (non-hydrogen) atoms. The fraction of sp³-hybridized carbons (Fsp3) is 0.417. The molecule has 1 aromatic rings. The van der Waals surface area contributed by atoms with Crippen molar-refractivity contribution in [3.63, 3.8) is 0 Å². The first-order valence-corrected chi connectivity index (χ1v) is 6.13. The number of hydrogen-bond donors (Lipinski definition) is 1. The Morgan fingerprint density at radius 3 is 2.75 bits per heavy atom. The van der Waals surface area contributed by atoms with Crippen molar-refractivity contribution in [1.82, 2.24) is 0 Å². The van der Waals surface area contributed by atoms with Gasteiger partial charge in [-0.15, -0.1) is 0 Å². The van der Waals surface area contributed by atoms with Crippen LogP contribution in [0.5, 0.6) is 0 Å². The molecule has 0 aliphatic rings. The van der Waals surface area contributed by atoms with Gasteiger partial charge in [0.05, 0.1) is 5.56 Å². The summed E-state index contributed by atoms with van der Waals surface area (Å²) in [6.07, 6.45) is 0. The van der Waals surface area contributed by atoms with Gasteiger partial charge in [-0.3, -0.25) is 0 Å². The number of halogens is 1. The predicted molar refractivity (Wildman–Crippen MR) is 65.5 cm³/mol. The van der Waals surface area contributed by atoms with Crippen LogP contribution in [0.3, 0.4) is 0 Å². The summed E-state index contributed by atoms with van der Waals surface area (Å²) >= 11 is 1.68. The Morgan fingerprint density at radius 1 is 1.50 bits per heavy atom. The van der Waals surface area contributed by atoms with E-state index in [1.807, 2.05) is 19.9 Å². The van der Waals surface area contributed by atoms with Gasteiger partial charge in [0, 0.05) is 17.0 Å². The van der Waals surface area contributed by atoms with Crippen molar-refractivity contribution in [3.05, 3.63) is 35.1 Å². The Hall–Kier alpha value is -1.05. The lowest BCUT2D eigenvalue weighted by Gasteiger charge is -2.17. The molecule has 0 aliphatic heterocycles. The van der Waals surface area contributed by atoms with Gasteiger partial charge in [-0.25, -0.2) is 4.39 Å². The molecule has 0 fully saturated rings. The summed E-state index contributed by atoms with van der Waals surface area (Å²) in [5.41, 5.74) is 6.69. The highest BCUT2D eigenvalue weighted by Crippen LogP contribution is 2.18. The van der Waals surface area contributed by atoms with E-state index in [1.165, 1.54) is 6.07 Å². The molecule has 2 nitrogen and oxygen atoms in total. The van der Waals surface area contributed by atoms with Crippen molar-refractivity contribution in [2.75, 3.05) is 5.75 Å². The van der Waals surface area contributed by atoms with Crippen LogP contribution in [-0.4, -0.2) is 11.3 Å². The maximum absolute atomic E-state index is 13.0. The number of hydrogen-bond acceptors (Lipinski definition) is 3. The van der Waals surface area contributed by atoms with Gasteiger partial charge in [-0.05, 0) is 31.5 Å². The van der Waals surface area contributed by atoms with Gasteiger partial charge in [0.1, 0.15) is 11.9 Å². The summed E-state index contributed by atoms with van der Waals surface area (Å²) in [5.74, 6) is 1.11. The number of nitrogens with zero attached hydrogens (tertiary/aromatic N) is 1. The zero-order valence-corrected chi connectivity index (χ0v) is 10.3. The maximum Gasteiger partial charge on any atom is 0.140 e. The SMILES string of the molecule is CC(C)(N)CSCc1ccc(F)c(C#N)c1. The van der Waals surface area contributed by atoms with E-state index in [4.69, 9.17) is 11.0 Å². The highest BCUT2D eigenvalue weighted by atomic mass is 32.2. The molecule has 86 valence electrons. The normalized spacial score (nSPS) is 11.2. The largest absolute Gasteiger partial charge is 0.325 e. The molecule has 0 aromatic heterocycles. The average Bonchev–Trinajstić information content (AvgIpc) is 2.18. The lowest BCUT2D eigenvalue weighted by atomic mass is 10.1. The number of rotatable bonds is 4. The fourth-order valence-electron chi connectivity index (χ4n) is 1.18. The molecule has 0 saturated carbocycles. The molecule has 0 aliphatic carbocycles. The van der Waals surface area contributed by atoms with Crippen LogP contribution in [0, 0.1) is 17.1 Å². The summed E-state index contributed by atoms with van der Waals surface area (Å²) in [7, 11) is 0. The molecular formula is C12H15FN2S. The monoisotopic (exact) mass is 238 g/mol. The minimum absolute atomic E-state index is 0.102. The highest BCUT2D eigenvalue weighted by molar-refractivity contribution is 7.98. The Bertz CT molecular complexity index is 404. The van der Waals surface area contributed by atoms with Gasteiger partial charge in [0.25, 0.3) is 0 Å². The van der Waals surface area contributed by atoms with Crippen molar-refractivity contribution < 1.29 is 4.39 Å². The second-order valence-corrected chi connectivity index (χ2v) is 5.39. The zero-order valence-electron chi connectivity index (χ0n) is 9.46. The third-order valence-electron chi connectivity index (χ3n) is 1.89. The second-order valence-electron chi connectivity index (χ2n) is 4.41. The molecule has 0 spiro atoms. The van der Waals surface area contributed by atoms with E-state index in [1.54, 1.807) is 23.9 Å². The van der Waals surface area contributed by atoms with Gasteiger partial charge in [0.2, 0.25) is 0 Å². The minimum Gasteiger partial charge on any atom is -0.325 e. The first-order valence-electron chi connectivity index (χ1n) is 4.97. The summed E-state index contributed by atoms with van der Waals surface area (Å²) in [6.45, 7) is 3.93. The van der Waals surface area contributed by atoms with Crippen LogP contribution in [-0.2, 0) is 5.75 Å². The Balaban J connectivity index is 2.59. The van der Waals surface area contributed by atoms with E-state index in [0.717, 1.165) is 17.1 Å². The van der Waals surface area contributed by atoms with Gasteiger partial charge in [-0.2, -0.15) is 17.0 Å². The summed E-state index contributed by atoms with van der Waals surface area (Å²) in [5, 5.41) is 8.68. The van der Waals surface area contributed by atoms with Crippen LogP contribution in [0.4, 0.5) is 4.39 Å². The molecule has 0 bridgehead atoms. The number of thioether (sulfide) groups is 1. The van der Waals surface area contributed by atoms with Gasteiger partial charge < -0.3 is 5.73 Å². The molecule has 0 atom stereocenters. The van der Waals surface area contributed by atoms with Crippen molar-refractivity contribution in [1.29, 1.82) is 5.26 Å². The molecule has 0 heterocycles. The third-order valence-corrected chi connectivity index (χ3v) is 3.38. The van der Waals surface area contributed by atoms with Gasteiger partial charge in [0.15, 0.2) is 0 Å². The molecular weight excluding hydrogens is 223 g/mol. The molecule has 0 radical (unpaired) electrons. The van der Waals surface area contributed by atoms with Crippen molar-refractivity contribution in [2.45, 2.75) is 25.1 Å². The first-order chi connectivity index (χ1) is 7.42. The van der Waals surface area contributed by atoms with Crippen LogP contribution < -0.4 is 5.73 Å². The highest BCUT2D eigenvalue weighted by Gasteiger charge is 2.10. The number of benzene rings is 1. The molecule has 0 unspecified atom stereocenters. The third kappa shape index (κ3) is 4.21. The molecule has 2 N–H and O–H groups in total. The standard InChI is InChI=1S/C12H15FN2S/c1-12(2,15)8-16-7-9-3-4-11(13)10(5-9)6-14/h3-5H,7-8,15H2,1-2H3. The molecule has 1 aromatic carbocycles.